The molecule has 0 fully saturated rings. The molecule has 0 aliphatic heterocycles. The van der Waals surface area contributed by atoms with E-state index >= 15 is 0 Å². The first-order valence-electron chi connectivity index (χ1n) is 10.8. The van der Waals surface area contributed by atoms with E-state index in [1.807, 2.05) is 25.1 Å². The number of carboxylic acid groups (broad SMARTS) is 2. The summed E-state index contributed by atoms with van der Waals surface area (Å²) in [5, 5.41) is 22.1. The molecule has 0 bridgehead atoms. The van der Waals surface area contributed by atoms with Gasteiger partial charge in [0, 0.05) is 24.1 Å². The Kier molecular flexibility index (Phi) is 10.7. The van der Waals surface area contributed by atoms with Crippen LogP contribution in [0.4, 0.5) is 0 Å². The average molecular weight is 493 g/mol. The zero-order valence-corrected chi connectivity index (χ0v) is 19.6. The van der Waals surface area contributed by atoms with E-state index in [4.69, 9.17) is 42.5 Å². The molecule has 0 aliphatic carbocycles. The van der Waals surface area contributed by atoms with Crippen molar-refractivity contribution in [1.82, 2.24) is 10.1 Å². The summed E-state index contributed by atoms with van der Waals surface area (Å²) in [6.07, 6.45) is 3.84. The summed E-state index contributed by atoms with van der Waals surface area (Å²) < 4.78 is 11.1. The minimum atomic E-state index is -0.933. The lowest BCUT2D eigenvalue weighted by atomic mass is 10.1. The number of nitrogens with two attached hydrogens (primary N) is 2. The van der Waals surface area contributed by atoms with Crippen molar-refractivity contribution in [1.29, 1.82) is 0 Å². The zero-order valence-electron chi connectivity index (χ0n) is 18.8. The molecule has 11 heteroatoms. The SMILES string of the molecule is C[C@@H](Oc1cc2onc(CCC(=O)O)c2cc1Cl)c1ccccn1.NCCCC[C@H](N)C(=O)O. The lowest BCUT2D eigenvalue weighted by Crippen LogP contribution is -2.29. The summed E-state index contributed by atoms with van der Waals surface area (Å²) >= 11 is 6.30. The van der Waals surface area contributed by atoms with E-state index in [1.165, 1.54) is 0 Å². The molecule has 2 atom stereocenters. The lowest BCUT2D eigenvalue weighted by Gasteiger charge is -2.15. The number of rotatable bonds is 11. The topological polar surface area (TPSA) is 175 Å². The number of pyridine rings is 1. The highest BCUT2D eigenvalue weighted by Gasteiger charge is 2.16. The molecular formula is C23H29ClN4O6. The Morgan fingerprint density at radius 2 is 2.00 bits per heavy atom. The number of halogens is 1. The number of carboxylic acids is 2. The molecule has 0 saturated heterocycles. The molecule has 3 aromatic rings. The number of benzene rings is 1. The van der Waals surface area contributed by atoms with E-state index in [0.29, 0.717) is 40.4 Å². The predicted octanol–water partition coefficient (Wildman–Crippen LogP) is 3.56. The van der Waals surface area contributed by atoms with Crippen molar-refractivity contribution in [3.63, 3.8) is 0 Å². The second-order valence-corrected chi connectivity index (χ2v) is 7.95. The molecule has 2 aromatic heterocycles. The van der Waals surface area contributed by atoms with Crippen molar-refractivity contribution in [3.05, 3.63) is 52.9 Å². The monoisotopic (exact) mass is 492 g/mol. The zero-order chi connectivity index (χ0) is 25.1. The van der Waals surface area contributed by atoms with Crippen LogP contribution in [0.15, 0.2) is 41.1 Å². The second kappa shape index (κ2) is 13.5. The number of unbranched alkanes of at least 4 members (excludes halogenated alkanes) is 1. The number of ether oxygens (including phenoxy) is 1. The average Bonchev–Trinajstić information content (AvgIpc) is 3.20. The summed E-state index contributed by atoms with van der Waals surface area (Å²) in [5.41, 5.74) is 12.3. The van der Waals surface area contributed by atoms with Crippen LogP contribution in [0.5, 0.6) is 5.75 Å². The molecule has 0 aliphatic rings. The summed E-state index contributed by atoms with van der Waals surface area (Å²) in [7, 11) is 0. The van der Waals surface area contributed by atoms with E-state index < -0.39 is 18.0 Å². The highest BCUT2D eigenvalue weighted by Crippen LogP contribution is 2.34. The van der Waals surface area contributed by atoms with Crippen LogP contribution in [0.2, 0.25) is 5.02 Å². The van der Waals surface area contributed by atoms with Crippen molar-refractivity contribution < 1.29 is 29.1 Å². The predicted molar refractivity (Wildman–Crippen MR) is 127 cm³/mol. The van der Waals surface area contributed by atoms with Gasteiger partial charge in [-0.2, -0.15) is 0 Å². The maximum atomic E-state index is 10.7. The molecule has 34 heavy (non-hydrogen) atoms. The van der Waals surface area contributed by atoms with Gasteiger partial charge in [0.2, 0.25) is 0 Å². The number of nitrogens with zero attached hydrogens (tertiary/aromatic N) is 2. The molecule has 0 saturated carbocycles. The number of aromatic nitrogens is 2. The van der Waals surface area contributed by atoms with Gasteiger partial charge in [-0.15, -0.1) is 0 Å². The van der Waals surface area contributed by atoms with Crippen LogP contribution in [0.1, 0.15) is 50.1 Å². The molecule has 10 nitrogen and oxygen atoms in total. The van der Waals surface area contributed by atoms with Crippen molar-refractivity contribution >= 4 is 34.5 Å². The molecular weight excluding hydrogens is 464 g/mol. The van der Waals surface area contributed by atoms with Gasteiger partial charge in [0.1, 0.15) is 17.9 Å². The lowest BCUT2D eigenvalue weighted by molar-refractivity contribution is -0.139. The van der Waals surface area contributed by atoms with Crippen molar-refractivity contribution in [2.75, 3.05) is 6.54 Å². The molecule has 3 rings (SSSR count). The van der Waals surface area contributed by atoms with Crippen LogP contribution in [0, 0.1) is 0 Å². The highest BCUT2D eigenvalue weighted by molar-refractivity contribution is 6.32. The molecule has 184 valence electrons. The maximum Gasteiger partial charge on any atom is 0.320 e. The number of carbonyl (C=O) groups is 2. The third kappa shape index (κ3) is 8.29. The van der Waals surface area contributed by atoms with Gasteiger partial charge < -0.3 is 30.9 Å². The quantitative estimate of drug-likeness (QED) is 0.289. The Morgan fingerprint density at radius 3 is 2.62 bits per heavy atom. The summed E-state index contributed by atoms with van der Waals surface area (Å²) in [6, 6.07) is 8.22. The highest BCUT2D eigenvalue weighted by atomic mass is 35.5. The standard InChI is InChI=1S/C17H15ClN2O4.C6H14N2O2/c1-10(13-4-2-3-7-19-13)23-16-9-15-11(8-12(16)18)14(20-24-15)5-6-17(21)22;7-4-2-1-3-5(8)6(9)10/h2-4,7-10H,5-6H2,1H3,(H,21,22);5H,1-4,7-8H2,(H,9,10)/t10-;5-/m10/s1. The largest absolute Gasteiger partial charge is 0.483 e. The first kappa shape index (κ1) is 27.0. The van der Waals surface area contributed by atoms with E-state index in [-0.39, 0.29) is 18.9 Å². The van der Waals surface area contributed by atoms with Crippen LogP contribution < -0.4 is 16.2 Å². The first-order valence-corrected chi connectivity index (χ1v) is 11.2. The van der Waals surface area contributed by atoms with Crippen LogP contribution in [-0.4, -0.2) is 44.9 Å². The minimum Gasteiger partial charge on any atom is -0.483 e. The van der Waals surface area contributed by atoms with Gasteiger partial charge in [-0.05, 0) is 44.5 Å². The normalized spacial score (nSPS) is 12.5. The molecule has 0 amide bonds. The number of aliphatic carboxylic acids is 2. The third-order valence-corrected chi connectivity index (χ3v) is 5.16. The second-order valence-electron chi connectivity index (χ2n) is 7.55. The van der Waals surface area contributed by atoms with Gasteiger partial charge >= 0.3 is 11.9 Å². The van der Waals surface area contributed by atoms with Gasteiger partial charge in [0.25, 0.3) is 0 Å². The fourth-order valence-corrected chi connectivity index (χ4v) is 3.19. The van der Waals surface area contributed by atoms with Gasteiger partial charge in [-0.25, -0.2) is 0 Å². The van der Waals surface area contributed by atoms with E-state index in [1.54, 1.807) is 18.3 Å². The van der Waals surface area contributed by atoms with Gasteiger partial charge in [0.05, 0.1) is 22.8 Å². The van der Waals surface area contributed by atoms with Crippen LogP contribution in [0.25, 0.3) is 11.0 Å². The molecule has 2 heterocycles. The Labute approximate surface area is 201 Å². The Hall–Kier alpha value is -3.21. The van der Waals surface area contributed by atoms with E-state index in [9.17, 15) is 9.59 Å². The van der Waals surface area contributed by atoms with E-state index in [2.05, 4.69) is 10.1 Å². The number of fused-ring (bicyclic) bond motifs is 1. The fourth-order valence-electron chi connectivity index (χ4n) is 2.98. The Balaban J connectivity index is 0.000000347. The fraction of sp³-hybridized carbons (Fsp3) is 0.391. The maximum absolute atomic E-state index is 10.7. The number of aryl methyl sites for hydroxylation is 1. The molecule has 1 aromatic carbocycles. The summed E-state index contributed by atoms with van der Waals surface area (Å²) in [6.45, 7) is 2.48. The summed E-state index contributed by atoms with van der Waals surface area (Å²) in [4.78, 5) is 25.1. The van der Waals surface area contributed by atoms with Gasteiger partial charge in [-0.3, -0.25) is 14.6 Å². The Morgan fingerprint density at radius 1 is 1.24 bits per heavy atom. The van der Waals surface area contributed by atoms with Gasteiger partial charge in [0.15, 0.2) is 5.58 Å². The minimum absolute atomic E-state index is 0.0196. The van der Waals surface area contributed by atoms with Crippen molar-refractivity contribution in [3.8, 4) is 5.75 Å². The van der Waals surface area contributed by atoms with Gasteiger partial charge in [-0.1, -0.05) is 29.2 Å². The van der Waals surface area contributed by atoms with E-state index in [0.717, 1.165) is 18.5 Å². The number of hydrogen-bond donors (Lipinski definition) is 4. The summed E-state index contributed by atoms with van der Waals surface area (Å²) in [5.74, 6) is -1.36. The Bertz CT molecular complexity index is 1080. The first-order chi connectivity index (χ1) is 16.2. The number of hydrogen-bond acceptors (Lipinski definition) is 8. The van der Waals surface area contributed by atoms with Crippen molar-refractivity contribution in [2.45, 2.75) is 51.2 Å². The van der Waals surface area contributed by atoms with Crippen LogP contribution >= 0.6 is 11.6 Å². The molecule has 6 N–H and O–H groups in total. The molecule has 0 radical (unpaired) electrons. The smallest absolute Gasteiger partial charge is 0.320 e. The molecule has 0 spiro atoms. The molecule has 0 unspecified atom stereocenters. The third-order valence-electron chi connectivity index (χ3n) is 4.87. The van der Waals surface area contributed by atoms with Crippen molar-refractivity contribution in [2.24, 2.45) is 11.5 Å². The van der Waals surface area contributed by atoms with Crippen LogP contribution in [0.3, 0.4) is 0 Å². The van der Waals surface area contributed by atoms with Crippen LogP contribution in [-0.2, 0) is 16.0 Å².